The molecule has 0 radical (unpaired) electrons. The van der Waals surface area contributed by atoms with E-state index in [9.17, 15) is 8.42 Å². The van der Waals surface area contributed by atoms with Crippen LogP contribution in [0.5, 0.6) is 0 Å². The lowest BCUT2D eigenvalue weighted by Gasteiger charge is -2.19. The van der Waals surface area contributed by atoms with Gasteiger partial charge in [-0.15, -0.1) is 0 Å². The molecule has 1 aromatic carbocycles. The summed E-state index contributed by atoms with van der Waals surface area (Å²) in [5, 5.41) is 11.6. The van der Waals surface area contributed by atoms with Gasteiger partial charge in [0, 0.05) is 35.6 Å². The van der Waals surface area contributed by atoms with E-state index >= 15 is 0 Å². The van der Waals surface area contributed by atoms with Gasteiger partial charge in [0.1, 0.15) is 9.84 Å². The molecule has 0 aliphatic carbocycles. The Morgan fingerprint density at radius 1 is 1.53 bits per heavy atom. The van der Waals surface area contributed by atoms with Crippen LogP contribution in [0.3, 0.4) is 0 Å². The van der Waals surface area contributed by atoms with E-state index in [1.807, 2.05) is 4.90 Å². The summed E-state index contributed by atoms with van der Waals surface area (Å²) in [7, 11) is -1.19. The standard InChI is InChI=1S/C11H16BrN3O3S/c1-15(5-6-19(2,17)18)8-3-4-9(10(12)7-8)11(13)14-16/h3-4,7,16H,5-6H2,1-2H3,(H2,13,14). The van der Waals surface area contributed by atoms with E-state index in [0.29, 0.717) is 16.6 Å². The Labute approximate surface area is 120 Å². The van der Waals surface area contributed by atoms with E-state index in [4.69, 9.17) is 10.9 Å². The van der Waals surface area contributed by atoms with Crippen molar-refractivity contribution in [2.75, 3.05) is 30.5 Å². The molecule has 0 aliphatic rings. The first-order chi connectivity index (χ1) is 8.74. The first kappa shape index (κ1) is 15.8. The predicted molar refractivity (Wildman–Crippen MR) is 79.6 cm³/mol. The summed E-state index contributed by atoms with van der Waals surface area (Å²) in [6.07, 6.45) is 1.21. The summed E-state index contributed by atoms with van der Waals surface area (Å²) in [6, 6.07) is 5.27. The van der Waals surface area contributed by atoms with Crippen LogP contribution in [-0.4, -0.2) is 45.1 Å². The summed E-state index contributed by atoms with van der Waals surface area (Å²) in [6.45, 7) is 0.397. The lowest BCUT2D eigenvalue weighted by atomic mass is 10.2. The second kappa shape index (κ2) is 6.25. The van der Waals surface area contributed by atoms with Crippen LogP contribution in [0.1, 0.15) is 5.56 Å². The van der Waals surface area contributed by atoms with Crippen LogP contribution >= 0.6 is 15.9 Å². The van der Waals surface area contributed by atoms with Gasteiger partial charge in [-0.3, -0.25) is 0 Å². The summed E-state index contributed by atoms with van der Waals surface area (Å²) in [5.74, 6) is 0.0977. The molecule has 1 rings (SSSR count). The molecule has 106 valence electrons. The number of anilines is 1. The Morgan fingerprint density at radius 2 is 2.16 bits per heavy atom. The normalized spacial score (nSPS) is 12.5. The Hall–Kier alpha value is -1.28. The summed E-state index contributed by atoms with van der Waals surface area (Å²) >= 11 is 3.33. The van der Waals surface area contributed by atoms with E-state index in [-0.39, 0.29) is 11.6 Å². The second-order valence-electron chi connectivity index (χ2n) is 4.20. The van der Waals surface area contributed by atoms with Gasteiger partial charge in [-0.1, -0.05) is 5.16 Å². The lowest BCUT2D eigenvalue weighted by Crippen LogP contribution is -2.25. The highest BCUT2D eigenvalue weighted by atomic mass is 79.9. The van der Waals surface area contributed by atoms with Gasteiger partial charge in [0.15, 0.2) is 5.84 Å². The van der Waals surface area contributed by atoms with Crippen LogP contribution < -0.4 is 10.6 Å². The van der Waals surface area contributed by atoms with Crippen LogP contribution in [-0.2, 0) is 9.84 Å². The fourth-order valence-corrected chi connectivity index (χ4v) is 2.61. The van der Waals surface area contributed by atoms with Gasteiger partial charge in [0.05, 0.1) is 5.75 Å². The van der Waals surface area contributed by atoms with Crippen molar-refractivity contribution in [1.29, 1.82) is 0 Å². The molecule has 0 unspecified atom stereocenters. The van der Waals surface area contributed by atoms with E-state index < -0.39 is 9.84 Å². The van der Waals surface area contributed by atoms with Gasteiger partial charge in [0.2, 0.25) is 0 Å². The minimum atomic E-state index is -2.99. The first-order valence-electron chi connectivity index (χ1n) is 5.41. The molecule has 0 spiro atoms. The molecule has 0 aromatic heterocycles. The molecule has 0 fully saturated rings. The number of hydrogen-bond donors (Lipinski definition) is 2. The third-order valence-corrected chi connectivity index (χ3v) is 4.15. The molecule has 0 saturated heterocycles. The average Bonchev–Trinajstić information content (AvgIpc) is 2.34. The van der Waals surface area contributed by atoms with Crippen LogP contribution in [0.2, 0.25) is 0 Å². The number of amidine groups is 1. The van der Waals surface area contributed by atoms with Crippen LogP contribution in [0.15, 0.2) is 27.8 Å². The third-order valence-electron chi connectivity index (χ3n) is 2.57. The smallest absolute Gasteiger partial charge is 0.171 e. The molecule has 6 nitrogen and oxygen atoms in total. The Bertz CT molecular complexity index is 587. The summed E-state index contributed by atoms with van der Waals surface area (Å²) in [4.78, 5) is 1.82. The van der Waals surface area contributed by atoms with Crippen molar-refractivity contribution in [1.82, 2.24) is 0 Å². The van der Waals surface area contributed by atoms with Crippen molar-refractivity contribution < 1.29 is 13.6 Å². The van der Waals surface area contributed by atoms with E-state index in [2.05, 4.69) is 21.1 Å². The monoisotopic (exact) mass is 349 g/mol. The summed E-state index contributed by atoms with van der Waals surface area (Å²) < 4.78 is 22.9. The number of nitrogens with zero attached hydrogens (tertiary/aromatic N) is 2. The number of hydrogen-bond acceptors (Lipinski definition) is 5. The molecule has 0 saturated carbocycles. The lowest BCUT2D eigenvalue weighted by molar-refractivity contribution is 0.318. The number of rotatable bonds is 5. The SMILES string of the molecule is CN(CCS(C)(=O)=O)c1ccc(/C(N)=N/O)c(Br)c1. The zero-order chi connectivity index (χ0) is 14.6. The molecule has 3 N–H and O–H groups in total. The van der Waals surface area contributed by atoms with Gasteiger partial charge in [-0.2, -0.15) is 0 Å². The minimum absolute atomic E-state index is 0.0113. The zero-order valence-electron chi connectivity index (χ0n) is 10.7. The second-order valence-corrected chi connectivity index (χ2v) is 7.31. The molecule has 0 atom stereocenters. The predicted octanol–water partition coefficient (Wildman–Crippen LogP) is 1.02. The van der Waals surface area contributed by atoms with Crippen molar-refractivity contribution in [2.24, 2.45) is 10.9 Å². The summed E-state index contributed by atoms with van der Waals surface area (Å²) in [5.41, 5.74) is 6.92. The third kappa shape index (κ3) is 4.71. The van der Waals surface area contributed by atoms with Crippen LogP contribution in [0, 0.1) is 0 Å². The van der Waals surface area contributed by atoms with Gasteiger partial charge in [0.25, 0.3) is 0 Å². The number of nitrogens with two attached hydrogens (primary N) is 1. The number of sulfone groups is 1. The Balaban J connectivity index is 2.89. The van der Waals surface area contributed by atoms with E-state index in [1.165, 1.54) is 6.26 Å². The van der Waals surface area contributed by atoms with Crippen molar-refractivity contribution in [3.05, 3.63) is 28.2 Å². The quantitative estimate of drug-likeness (QED) is 0.358. The molecule has 1 aromatic rings. The van der Waals surface area contributed by atoms with Crippen molar-refractivity contribution in [3.63, 3.8) is 0 Å². The highest BCUT2D eigenvalue weighted by molar-refractivity contribution is 9.10. The molecular formula is C11H16BrN3O3S. The van der Waals surface area contributed by atoms with E-state index in [1.54, 1.807) is 25.2 Å². The molecular weight excluding hydrogens is 334 g/mol. The molecule has 0 aliphatic heterocycles. The van der Waals surface area contributed by atoms with Crippen LogP contribution in [0.25, 0.3) is 0 Å². The number of halogens is 1. The molecule has 0 heterocycles. The largest absolute Gasteiger partial charge is 0.409 e. The van der Waals surface area contributed by atoms with Crippen molar-refractivity contribution in [3.8, 4) is 0 Å². The molecule has 8 heteroatoms. The highest BCUT2D eigenvalue weighted by Gasteiger charge is 2.10. The molecule has 19 heavy (non-hydrogen) atoms. The fraction of sp³-hybridized carbons (Fsp3) is 0.364. The Kier molecular flexibility index (Phi) is 5.19. The minimum Gasteiger partial charge on any atom is -0.409 e. The van der Waals surface area contributed by atoms with E-state index in [0.717, 1.165) is 5.69 Å². The first-order valence-corrected chi connectivity index (χ1v) is 8.26. The van der Waals surface area contributed by atoms with Gasteiger partial charge >= 0.3 is 0 Å². The van der Waals surface area contributed by atoms with Crippen molar-refractivity contribution >= 4 is 37.3 Å². The maximum absolute atomic E-state index is 11.1. The topological polar surface area (TPSA) is 96.0 Å². The molecule has 0 amide bonds. The van der Waals surface area contributed by atoms with Gasteiger partial charge in [-0.05, 0) is 34.1 Å². The molecule has 0 bridgehead atoms. The van der Waals surface area contributed by atoms with Crippen LogP contribution in [0.4, 0.5) is 5.69 Å². The van der Waals surface area contributed by atoms with Gasteiger partial charge in [-0.25, -0.2) is 8.42 Å². The maximum Gasteiger partial charge on any atom is 0.171 e. The highest BCUT2D eigenvalue weighted by Crippen LogP contribution is 2.23. The number of benzene rings is 1. The number of oxime groups is 1. The zero-order valence-corrected chi connectivity index (χ0v) is 13.1. The average molecular weight is 350 g/mol. The van der Waals surface area contributed by atoms with Crippen molar-refractivity contribution in [2.45, 2.75) is 0 Å². The maximum atomic E-state index is 11.1. The van der Waals surface area contributed by atoms with Gasteiger partial charge < -0.3 is 15.8 Å². The fourth-order valence-electron chi connectivity index (χ4n) is 1.43. The Morgan fingerprint density at radius 3 is 2.63 bits per heavy atom.